The Morgan fingerprint density at radius 1 is 1.24 bits per heavy atom. The van der Waals surface area contributed by atoms with E-state index >= 15 is 0 Å². The molecule has 2 aromatic heterocycles. The fourth-order valence-corrected chi connectivity index (χ4v) is 4.89. The van der Waals surface area contributed by atoms with Gasteiger partial charge in [-0.05, 0) is 25.1 Å². The molecule has 12 heteroatoms. The number of halogens is 5. The van der Waals surface area contributed by atoms with Gasteiger partial charge in [-0.15, -0.1) is 0 Å². The van der Waals surface area contributed by atoms with Crippen LogP contribution in [0.2, 0.25) is 10.0 Å². The molecule has 7 nitrogen and oxygen atoms in total. The minimum Gasteiger partial charge on any atom is -0.482 e. The predicted molar refractivity (Wildman–Crippen MR) is 119 cm³/mol. The quantitative estimate of drug-likeness (QED) is 0.477. The number of rotatable bonds is 5. The molecule has 0 amide bonds. The Kier molecular flexibility index (Phi) is 5.87. The van der Waals surface area contributed by atoms with Crippen molar-refractivity contribution in [2.45, 2.75) is 37.2 Å². The number of fused-ring (bicyclic) bond motifs is 1. The number of hydrogen-bond acceptors (Lipinski definition) is 6. The number of aromatic nitrogens is 3. The molecule has 34 heavy (non-hydrogen) atoms. The van der Waals surface area contributed by atoms with Gasteiger partial charge in [0.05, 0.1) is 17.8 Å². The van der Waals surface area contributed by atoms with Crippen LogP contribution in [0.25, 0.3) is 11.1 Å². The van der Waals surface area contributed by atoms with Gasteiger partial charge in [0.1, 0.15) is 30.7 Å². The summed E-state index contributed by atoms with van der Waals surface area (Å²) in [4.78, 5) is 4.17. The van der Waals surface area contributed by atoms with Gasteiger partial charge < -0.3 is 19.9 Å². The molecular formula is C22H19Cl2F3N4O3. The van der Waals surface area contributed by atoms with Crippen molar-refractivity contribution in [1.29, 1.82) is 0 Å². The molecular weight excluding hydrogens is 496 g/mol. The van der Waals surface area contributed by atoms with Gasteiger partial charge in [0, 0.05) is 34.1 Å². The van der Waals surface area contributed by atoms with E-state index in [0.717, 1.165) is 0 Å². The van der Waals surface area contributed by atoms with Gasteiger partial charge in [0.15, 0.2) is 17.7 Å². The molecule has 180 valence electrons. The minimum absolute atomic E-state index is 0.0626. The second kappa shape index (κ2) is 8.60. The summed E-state index contributed by atoms with van der Waals surface area (Å²) in [5.74, 6) is -3.30. The number of ether oxygens (including phenoxy) is 3. The summed E-state index contributed by atoms with van der Waals surface area (Å²) >= 11 is 12.3. The zero-order chi connectivity index (χ0) is 24.2. The van der Waals surface area contributed by atoms with Crippen LogP contribution in [0.4, 0.5) is 19.0 Å². The fourth-order valence-electron chi connectivity index (χ4n) is 4.21. The number of nitrogens with zero attached hydrogens (tertiary/aromatic N) is 3. The van der Waals surface area contributed by atoms with Crippen molar-refractivity contribution in [2.24, 2.45) is 0 Å². The van der Waals surface area contributed by atoms with Crippen LogP contribution >= 0.6 is 23.2 Å². The average Bonchev–Trinajstić information content (AvgIpc) is 3.50. The van der Waals surface area contributed by atoms with Crippen LogP contribution < -0.4 is 10.5 Å². The summed E-state index contributed by atoms with van der Waals surface area (Å²) < 4.78 is 59.8. The average molecular weight is 515 g/mol. The van der Waals surface area contributed by atoms with E-state index in [1.807, 2.05) is 0 Å². The van der Waals surface area contributed by atoms with Gasteiger partial charge in [-0.3, -0.25) is 4.68 Å². The highest BCUT2D eigenvalue weighted by molar-refractivity contribution is 6.36. The minimum atomic E-state index is -3.02. The van der Waals surface area contributed by atoms with Crippen molar-refractivity contribution < 1.29 is 27.4 Å². The maximum Gasteiger partial charge on any atom is 0.299 e. The van der Waals surface area contributed by atoms with E-state index in [4.69, 9.17) is 43.1 Å². The molecule has 4 atom stereocenters. The number of benzene rings is 1. The Hall–Kier alpha value is -2.53. The van der Waals surface area contributed by atoms with Gasteiger partial charge in [0.2, 0.25) is 0 Å². The van der Waals surface area contributed by atoms with Gasteiger partial charge in [-0.1, -0.05) is 23.2 Å². The van der Waals surface area contributed by atoms with E-state index in [9.17, 15) is 13.2 Å². The van der Waals surface area contributed by atoms with E-state index in [1.165, 1.54) is 18.3 Å². The Labute approximate surface area is 202 Å². The van der Waals surface area contributed by atoms with E-state index in [2.05, 4.69) is 10.1 Å². The zero-order valence-corrected chi connectivity index (χ0v) is 19.2. The Balaban J connectivity index is 1.38. The van der Waals surface area contributed by atoms with E-state index in [1.54, 1.807) is 30.1 Å². The summed E-state index contributed by atoms with van der Waals surface area (Å²) in [6.07, 6.45) is 1.99. The molecule has 2 saturated heterocycles. The van der Waals surface area contributed by atoms with Crippen LogP contribution in [0.5, 0.6) is 5.75 Å². The number of nitrogens with two attached hydrogens (primary N) is 1. The van der Waals surface area contributed by atoms with Crippen LogP contribution in [-0.4, -0.2) is 46.1 Å². The number of nitrogen functional groups attached to an aromatic ring is 1. The van der Waals surface area contributed by atoms with Crippen molar-refractivity contribution in [2.75, 3.05) is 18.9 Å². The van der Waals surface area contributed by atoms with Gasteiger partial charge in [-0.2, -0.15) is 5.10 Å². The van der Waals surface area contributed by atoms with E-state index < -0.39 is 42.7 Å². The van der Waals surface area contributed by atoms with Crippen molar-refractivity contribution in [3.05, 3.63) is 58.2 Å². The van der Waals surface area contributed by atoms with Gasteiger partial charge >= 0.3 is 0 Å². The topological polar surface area (TPSA) is 84.4 Å². The molecule has 3 aromatic rings. The molecule has 5 rings (SSSR count). The molecule has 0 aliphatic carbocycles. The predicted octanol–water partition coefficient (Wildman–Crippen LogP) is 5.09. The third-order valence-electron chi connectivity index (χ3n) is 5.95. The molecule has 4 heterocycles. The molecule has 3 unspecified atom stereocenters. The molecule has 1 aromatic carbocycles. The van der Waals surface area contributed by atoms with E-state index in [0.29, 0.717) is 11.1 Å². The number of hydrogen-bond donors (Lipinski definition) is 1. The lowest BCUT2D eigenvalue weighted by molar-refractivity contribution is -0.0954. The van der Waals surface area contributed by atoms with Gasteiger partial charge in [-0.25, -0.2) is 18.2 Å². The highest BCUT2D eigenvalue weighted by Gasteiger charge is 2.59. The molecule has 2 fully saturated rings. The first-order valence-electron chi connectivity index (χ1n) is 10.4. The summed E-state index contributed by atoms with van der Waals surface area (Å²) in [6.45, 7) is 1.05. The smallest absolute Gasteiger partial charge is 0.299 e. The molecule has 0 spiro atoms. The van der Waals surface area contributed by atoms with Crippen LogP contribution in [-0.2, 0) is 9.47 Å². The molecule has 0 bridgehead atoms. The van der Waals surface area contributed by atoms with Crippen LogP contribution in [0.3, 0.4) is 0 Å². The number of pyridine rings is 1. The lowest BCUT2D eigenvalue weighted by Crippen LogP contribution is -2.35. The summed E-state index contributed by atoms with van der Waals surface area (Å²) in [5.41, 5.74) is 7.54. The standard InChI is InChI=1S/C22H19Cl2F3N4O3/c1-10(17-13(23)2-3-14(25)18(17)24)34-16-4-11(5-29-21(16)28)12-6-30-31(7-12)15-8-32-20-19(15)33-9-22(20,26)27/h2-7,10,15,19-20H,8-9H2,1H3,(H2,28,29)/t10-,15?,19?,20?/m1/s1. The zero-order valence-electron chi connectivity index (χ0n) is 17.7. The summed E-state index contributed by atoms with van der Waals surface area (Å²) in [7, 11) is 0. The third kappa shape index (κ3) is 3.98. The highest BCUT2D eigenvalue weighted by Crippen LogP contribution is 2.42. The molecule has 2 aliphatic rings. The number of anilines is 1. The Morgan fingerprint density at radius 2 is 2.03 bits per heavy atom. The van der Waals surface area contributed by atoms with Crippen LogP contribution in [0, 0.1) is 5.82 Å². The largest absolute Gasteiger partial charge is 0.482 e. The van der Waals surface area contributed by atoms with Crippen molar-refractivity contribution >= 4 is 29.0 Å². The maximum absolute atomic E-state index is 13.9. The van der Waals surface area contributed by atoms with Crippen LogP contribution in [0.15, 0.2) is 36.8 Å². The Bertz CT molecular complexity index is 1240. The molecule has 2 aliphatic heterocycles. The van der Waals surface area contributed by atoms with Crippen LogP contribution in [0.1, 0.15) is 24.6 Å². The van der Waals surface area contributed by atoms with Crippen molar-refractivity contribution in [3.63, 3.8) is 0 Å². The molecule has 0 saturated carbocycles. The summed E-state index contributed by atoms with van der Waals surface area (Å²) in [5, 5.41) is 4.42. The Morgan fingerprint density at radius 3 is 2.82 bits per heavy atom. The van der Waals surface area contributed by atoms with E-state index in [-0.39, 0.29) is 33.8 Å². The molecule has 0 radical (unpaired) electrons. The first-order chi connectivity index (χ1) is 16.2. The SMILES string of the molecule is C[C@@H](Oc1cc(-c2cnn(C3COC4C3OCC4(F)F)c2)cnc1N)c1c(Cl)ccc(F)c1Cl. The molecule has 2 N–H and O–H groups in total. The summed E-state index contributed by atoms with van der Waals surface area (Å²) in [6, 6.07) is 3.73. The first-order valence-corrected chi connectivity index (χ1v) is 11.1. The highest BCUT2D eigenvalue weighted by atomic mass is 35.5. The van der Waals surface area contributed by atoms with Gasteiger partial charge in [0.25, 0.3) is 5.92 Å². The second-order valence-electron chi connectivity index (χ2n) is 8.19. The lowest BCUT2D eigenvalue weighted by atomic mass is 10.1. The monoisotopic (exact) mass is 514 g/mol. The second-order valence-corrected chi connectivity index (χ2v) is 8.98. The first kappa shape index (κ1) is 23.2. The lowest BCUT2D eigenvalue weighted by Gasteiger charge is -2.19. The van der Waals surface area contributed by atoms with Crippen molar-refractivity contribution in [1.82, 2.24) is 14.8 Å². The fraction of sp³-hybridized carbons (Fsp3) is 0.364. The van der Waals surface area contributed by atoms with Crippen molar-refractivity contribution in [3.8, 4) is 16.9 Å². The number of alkyl halides is 2. The third-order valence-corrected chi connectivity index (χ3v) is 6.67. The maximum atomic E-state index is 13.9. The normalized spacial score (nSPS) is 24.2.